The van der Waals surface area contributed by atoms with Crippen LogP contribution >= 0.6 is 0 Å². The summed E-state index contributed by atoms with van der Waals surface area (Å²) in [5, 5.41) is 2.66. The Kier molecular flexibility index (Phi) is 6.46. The number of carbonyl (C=O) groups excluding carboxylic acids is 1. The number of nitrogens with zero attached hydrogens (tertiary/aromatic N) is 1. The maximum absolute atomic E-state index is 13.3. The highest BCUT2D eigenvalue weighted by Crippen LogP contribution is 2.28. The summed E-state index contributed by atoms with van der Waals surface area (Å²) in [5.41, 5.74) is 1.40. The Morgan fingerprint density at radius 3 is 2.25 bits per heavy atom. The van der Waals surface area contributed by atoms with Crippen molar-refractivity contribution in [3.63, 3.8) is 0 Å². The normalized spacial score (nSPS) is 15.5. The van der Waals surface area contributed by atoms with Crippen molar-refractivity contribution in [2.75, 3.05) is 11.9 Å². The molecule has 28 heavy (non-hydrogen) atoms. The molecule has 0 aromatic heterocycles. The topological polar surface area (TPSA) is 66.5 Å². The van der Waals surface area contributed by atoms with Gasteiger partial charge in [0.1, 0.15) is 5.82 Å². The van der Waals surface area contributed by atoms with E-state index < -0.39 is 21.7 Å². The van der Waals surface area contributed by atoms with Crippen molar-refractivity contribution in [3.8, 4) is 0 Å². The molecule has 150 valence electrons. The number of carbonyl (C=O) groups is 1. The average Bonchev–Trinajstić information content (AvgIpc) is 2.69. The third-order valence-electron chi connectivity index (χ3n) is 5.04. The van der Waals surface area contributed by atoms with Crippen molar-refractivity contribution in [2.45, 2.75) is 50.0 Å². The molecular weight excluding hydrogens is 379 g/mol. The van der Waals surface area contributed by atoms with Crippen molar-refractivity contribution in [3.05, 3.63) is 59.9 Å². The van der Waals surface area contributed by atoms with E-state index in [-0.39, 0.29) is 17.5 Å². The van der Waals surface area contributed by atoms with Gasteiger partial charge in [0.2, 0.25) is 15.9 Å². The van der Waals surface area contributed by atoms with Crippen LogP contribution in [0.2, 0.25) is 0 Å². The van der Waals surface area contributed by atoms with Gasteiger partial charge in [-0.15, -0.1) is 0 Å². The molecule has 0 heterocycles. The number of halogens is 1. The van der Waals surface area contributed by atoms with Crippen LogP contribution in [0.5, 0.6) is 0 Å². The Hall–Kier alpha value is -2.25. The first-order valence-corrected chi connectivity index (χ1v) is 10.9. The molecule has 7 heteroatoms. The van der Waals surface area contributed by atoms with Crippen LogP contribution in [0.3, 0.4) is 0 Å². The first-order chi connectivity index (χ1) is 13.4. The summed E-state index contributed by atoms with van der Waals surface area (Å²) in [5.74, 6) is -0.836. The summed E-state index contributed by atoms with van der Waals surface area (Å²) in [6, 6.07) is 11.9. The zero-order valence-corrected chi connectivity index (χ0v) is 16.7. The lowest BCUT2D eigenvalue weighted by molar-refractivity contribution is -0.116. The van der Waals surface area contributed by atoms with E-state index in [2.05, 4.69) is 5.32 Å². The van der Waals surface area contributed by atoms with Gasteiger partial charge in [0, 0.05) is 11.7 Å². The van der Waals surface area contributed by atoms with Crippen molar-refractivity contribution in [2.24, 2.45) is 0 Å². The van der Waals surface area contributed by atoms with Crippen LogP contribution in [0.15, 0.2) is 53.4 Å². The summed E-state index contributed by atoms with van der Waals surface area (Å²) in [6.45, 7) is 1.63. The summed E-state index contributed by atoms with van der Waals surface area (Å²) in [4.78, 5) is 12.8. The fourth-order valence-electron chi connectivity index (χ4n) is 3.50. The largest absolute Gasteiger partial charge is 0.325 e. The monoisotopic (exact) mass is 404 g/mol. The predicted octanol–water partition coefficient (Wildman–Crippen LogP) is 4.10. The Morgan fingerprint density at radius 1 is 1.04 bits per heavy atom. The predicted molar refractivity (Wildman–Crippen MR) is 107 cm³/mol. The molecule has 0 atom stereocenters. The van der Waals surface area contributed by atoms with Gasteiger partial charge in [0.25, 0.3) is 0 Å². The molecule has 5 nitrogen and oxygen atoms in total. The van der Waals surface area contributed by atoms with E-state index in [1.54, 1.807) is 24.3 Å². The van der Waals surface area contributed by atoms with Crippen molar-refractivity contribution < 1.29 is 17.6 Å². The van der Waals surface area contributed by atoms with Gasteiger partial charge in [-0.2, -0.15) is 4.31 Å². The van der Waals surface area contributed by atoms with E-state index in [1.807, 2.05) is 6.92 Å². The number of benzene rings is 2. The number of hydrogen-bond donors (Lipinski definition) is 1. The zero-order chi connectivity index (χ0) is 20.1. The van der Waals surface area contributed by atoms with Crippen molar-refractivity contribution >= 4 is 21.6 Å². The third kappa shape index (κ3) is 4.97. The SMILES string of the molecule is Cc1ccc(S(=O)(=O)N(CC(=O)Nc2ccc(F)cc2)C2CCCCC2)cc1. The summed E-state index contributed by atoms with van der Waals surface area (Å²) in [7, 11) is -3.80. The number of rotatable bonds is 6. The number of nitrogens with one attached hydrogen (secondary N) is 1. The van der Waals surface area contributed by atoms with Gasteiger partial charge in [0.05, 0.1) is 11.4 Å². The Bertz CT molecular complexity index is 906. The second-order valence-electron chi connectivity index (χ2n) is 7.21. The second-order valence-corrected chi connectivity index (χ2v) is 9.10. The summed E-state index contributed by atoms with van der Waals surface area (Å²) in [6.07, 6.45) is 4.47. The number of amides is 1. The van der Waals surface area contributed by atoms with Gasteiger partial charge in [-0.3, -0.25) is 4.79 Å². The van der Waals surface area contributed by atoms with Crippen LogP contribution in [-0.4, -0.2) is 31.2 Å². The molecule has 1 saturated carbocycles. The first kappa shape index (κ1) is 20.5. The summed E-state index contributed by atoms with van der Waals surface area (Å²) >= 11 is 0. The highest BCUT2D eigenvalue weighted by Gasteiger charge is 2.33. The molecule has 2 aromatic rings. The minimum Gasteiger partial charge on any atom is -0.325 e. The maximum atomic E-state index is 13.3. The van der Waals surface area contributed by atoms with E-state index in [0.29, 0.717) is 5.69 Å². The lowest BCUT2D eigenvalue weighted by atomic mass is 9.95. The van der Waals surface area contributed by atoms with Crippen LogP contribution in [0.4, 0.5) is 10.1 Å². The number of hydrogen-bond acceptors (Lipinski definition) is 3. The molecule has 1 aliphatic rings. The molecule has 0 spiro atoms. The van der Waals surface area contributed by atoms with Crippen LogP contribution < -0.4 is 5.32 Å². The highest BCUT2D eigenvalue weighted by molar-refractivity contribution is 7.89. The van der Waals surface area contributed by atoms with E-state index in [0.717, 1.165) is 37.7 Å². The minimum absolute atomic E-state index is 0.193. The number of anilines is 1. The van der Waals surface area contributed by atoms with E-state index in [1.165, 1.54) is 28.6 Å². The molecule has 0 radical (unpaired) electrons. The number of sulfonamides is 1. The van der Waals surface area contributed by atoms with Crippen molar-refractivity contribution in [1.82, 2.24) is 4.31 Å². The van der Waals surface area contributed by atoms with Gasteiger partial charge < -0.3 is 5.32 Å². The van der Waals surface area contributed by atoms with Gasteiger partial charge in [-0.05, 0) is 56.2 Å². The first-order valence-electron chi connectivity index (χ1n) is 9.50. The molecule has 3 rings (SSSR count). The number of aryl methyl sites for hydroxylation is 1. The van der Waals surface area contributed by atoms with Gasteiger partial charge in [0.15, 0.2) is 0 Å². The quantitative estimate of drug-likeness (QED) is 0.788. The molecule has 2 aromatic carbocycles. The average molecular weight is 405 g/mol. The Balaban J connectivity index is 1.83. The molecule has 1 amide bonds. The van der Waals surface area contributed by atoms with E-state index >= 15 is 0 Å². The second kappa shape index (κ2) is 8.84. The highest BCUT2D eigenvalue weighted by atomic mass is 32.2. The van der Waals surface area contributed by atoms with Gasteiger partial charge in [-0.25, -0.2) is 12.8 Å². The third-order valence-corrected chi connectivity index (χ3v) is 6.95. The van der Waals surface area contributed by atoms with E-state index in [4.69, 9.17) is 0 Å². The maximum Gasteiger partial charge on any atom is 0.243 e. The smallest absolute Gasteiger partial charge is 0.243 e. The van der Waals surface area contributed by atoms with Crippen LogP contribution in [-0.2, 0) is 14.8 Å². The van der Waals surface area contributed by atoms with Crippen molar-refractivity contribution in [1.29, 1.82) is 0 Å². The van der Waals surface area contributed by atoms with Crippen LogP contribution in [0.25, 0.3) is 0 Å². The van der Waals surface area contributed by atoms with Crippen LogP contribution in [0.1, 0.15) is 37.7 Å². The molecule has 0 unspecified atom stereocenters. The molecule has 1 fully saturated rings. The fourth-order valence-corrected chi connectivity index (χ4v) is 5.14. The molecule has 0 saturated heterocycles. The van der Waals surface area contributed by atoms with Gasteiger partial charge in [-0.1, -0.05) is 37.0 Å². The fraction of sp³-hybridized carbons (Fsp3) is 0.381. The lowest BCUT2D eigenvalue weighted by Crippen LogP contribution is -2.45. The molecule has 0 aliphatic heterocycles. The standard InChI is InChI=1S/C21H25FN2O3S/c1-16-7-13-20(14-8-16)28(26,27)24(19-5-3-2-4-6-19)15-21(25)23-18-11-9-17(22)10-12-18/h7-14,19H,2-6,15H2,1H3,(H,23,25). The summed E-state index contributed by atoms with van der Waals surface area (Å²) < 4.78 is 40.9. The molecular formula is C21H25FN2O3S. The zero-order valence-electron chi connectivity index (χ0n) is 15.9. The molecule has 0 bridgehead atoms. The molecule has 1 aliphatic carbocycles. The Morgan fingerprint density at radius 2 is 1.64 bits per heavy atom. The van der Waals surface area contributed by atoms with E-state index in [9.17, 15) is 17.6 Å². The van der Waals surface area contributed by atoms with Crippen LogP contribution in [0, 0.1) is 12.7 Å². The lowest BCUT2D eigenvalue weighted by Gasteiger charge is -2.33. The van der Waals surface area contributed by atoms with Gasteiger partial charge >= 0.3 is 0 Å². The Labute approximate surface area is 165 Å². The minimum atomic E-state index is -3.80. The molecule has 1 N–H and O–H groups in total.